The van der Waals surface area contributed by atoms with Crippen LogP contribution in [-0.4, -0.2) is 60.1 Å². The van der Waals surface area contributed by atoms with E-state index in [1.807, 2.05) is 37.2 Å². The summed E-state index contributed by atoms with van der Waals surface area (Å²) in [6.07, 6.45) is 9.58. The number of fused-ring (bicyclic) bond motifs is 1. The van der Waals surface area contributed by atoms with Crippen molar-refractivity contribution in [3.05, 3.63) is 67.0 Å². The molecule has 0 unspecified atom stereocenters. The van der Waals surface area contributed by atoms with Crippen molar-refractivity contribution < 1.29 is 9.53 Å². The van der Waals surface area contributed by atoms with Crippen molar-refractivity contribution in [1.82, 2.24) is 14.8 Å². The number of pyridine rings is 1. The Hall–Kier alpha value is -2.96. The van der Waals surface area contributed by atoms with Gasteiger partial charge >= 0.3 is 0 Å². The number of carbonyl (C=O) groups is 1. The molecule has 1 N–H and O–H groups in total. The van der Waals surface area contributed by atoms with E-state index in [9.17, 15) is 4.79 Å². The second kappa shape index (κ2) is 11.0. The topological polar surface area (TPSA) is 57.7 Å². The van der Waals surface area contributed by atoms with Crippen molar-refractivity contribution in [3.63, 3.8) is 0 Å². The van der Waals surface area contributed by atoms with E-state index in [1.54, 1.807) is 6.08 Å². The number of hydrogen-bond acceptors (Lipinski definition) is 5. The van der Waals surface area contributed by atoms with Gasteiger partial charge in [-0.25, -0.2) is 4.98 Å². The number of morpholine rings is 1. The minimum absolute atomic E-state index is 0.0486. The molecule has 34 heavy (non-hydrogen) atoms. The monoisotopic (exact) mass is 460 g/mol. The maximum Gasteiger partial charge on any atom is 0.228 e. The summed E-state index contributed by atoms with van der Waals surface area (Å²) >= 11 is 0. The number of nitrogens with one attached hydrogen (secondary N) is 1. The minimum atomic E-state index is 0.0486. The van der Waals surface area contributed by atoms with Crippen molar-refractivity contribution in [1.29, 1.82) is 0 Å². The van der Waals surface area contributed by atoms with Crippen LogP contribution in [-0.2, 0) is 9.53 Å². The number of anilines is 1. The van der Waals surface area contributed by atoms with Crippen LogP contribution >= 0.6 is 0 Å². The van der Waals surface area contributed by atoms with Crippen LogP contribution in [0.2, 0.25) is 0 Å². The molecule has 1 saturated carbocycles. The molecule has 2 heterocycles. The van der Waals surface area contributed by atoms with E-state index >= 15 is 0 Å². The number of benzene rings is 1. The van der Waals surface area contributed by atoms with Crippen LogP contribution < -0.4 is 5.32 Å². The van der Waals surface area contributed by atoms with Crippen LogP contribution in [0.15, 0.2) is 61.5 Å². The maximum atomic E-state index is 13.0. The van der Waals surface area contributed by atoms with Gasteiger partial charge in [-0.15, -0.1) is 0 Å². The average molecular weight is 461 g/mol. The molecule has 1 aliphatic heterocycles. The molecule has 0 radical (unpaired) electrons. The molecule has 4 rings (SSSR count). The van der Waals surface area contributed by atoms with Gasteiger partial charge in [0.2, 0.25) is 5.91 Å². The van der Waals surface area contributed by atoms with E-state index in [-0.39, 0.29) is 11.8 Å². The quantitative estimate of drug-likeness (QED) is 0.586. The van der Waals surface area contributed by atoms with E-state index in [4.69, 9.17) is 4.74 Å². The zero-order valence-electron chi connectivity index (χ0n) is 20.4. The van der Waals surface area contributed by atoms with Crippen molar-refractivity contribution in [2.24, 2.45) is 5.92 Å². The van der Waals surface area contributed by atoms with Crippen LogP contribution in [0.5, 0.6) is 0 Å². The van der Waals surface area contributed by atoms with Gasteiger partial charge in [-0.3, -0.25) is 9.69 Å². The van der Waals surface area contributed by atoms with E-state index in [1.165, 1.54) is 0 Å². The summed E-state index contributed by atoms with van der Waals surface area (Å²) in [5.74, 6) is 0.734. The number of rotatable bonds is 7. The summed E-state index contributed by atoms with van der Waals surface area (Å²) in [5, 5.41) is 5.14. The van der Waals surface area contributed by atoms with Crippen LogP contribution in [0.3, 0.4) is 0 Å². The highest BCUT2D eigenvalue weighted by Gasteiger charge is 2.30. The summed E-state index contributed by atoms with van der Waals surface area (Å²) in [6, 6.07) is 8.79. The first kappa shape index (κ1) is 24.2. The molecule has 180 valence electrons. The lowest BCUT2D eigenvalue weighted by Crippen LogP contribution is -2.45. The largest absolute Gasteiger partial charge is 0.379 e. The molecule has 6 nitrogen and oxygen atoms in total. The van der Waals surface area contributed by atoms with Gasteiger partial charge < -0.3 is 15.0 Å². The highest BCUT2D eigenvalue weighted by molar-refractivity contribution is 5.94. The second-order valence-corrected chi connectivity index (χ2v) is 9.36. The molecule has 2 aliphatic rings. The van der Waals surface area contributed by atoms with E-state index < -0.39 is 0 Å². The van der Waals surface area contributed by atoms with Gasteiger partial charge in [0.15, 0.2) is 0 Å². The summed E-state index contributed by atoms with van der Waals surface area (Å²) in [5.41, 5.74) is 3.02. The molecule has 1 saturated heterocycles. The summed E-state index contributed by atoms with van der Waals surface area (Å²) in [7, 11) is 1.99. The Morgan fingerprint density at radius 1 is 1.18 bits per heavy atom. The minimum Gasteiger partial charge on any atom is -0.379 e. The second-order valence-electron chi connectivity index (χ2n) is 9.36. The molecule has 1 aliphatic carbocycles. The van der Waals surface area contributed by atoms with Crippen molar-refractivity contribution >= 4 is 28.2 Å². The number of nitrogens with zero attached hydrogens (tertiary/aromatic N) is 3. The molecule has 2 fully saturated rings. The lowest BCUT2D eigenvalue weighted by molar-refractivity contribution is -0.121. The maximum absolute atomic E-state index is 13.0. The highest BCUT2D eigenvalue weighted by Crippen LogP contribution is 2.30. The van der Waals surface area contributed by atoms with Gasteiger partial charge in [0.1, 0.15) is 5.82 Å². The molecule has 6 heteroatoms. The summed E-state index contributed by atoms with van der Waals surface area (Å²) in [4.78, 5) is 22.1. The number of carbonyl (C=O) groups excluding carboxylic acids is 1. The van der Waals surface area contributed by atoms with Crippen molar-refractivity contribution in [2.45, 2.75) is 38.6 Å². The Kier molecular flexibility index (Phi) is 7.80. The van der Waals surface area contributed by atoms with E-state index in [0.717, 1.165) is 79.7 Å². The molecule has 0 bridgehead atoms. The van der Waals surface area contributed by atoms with Crippen molar-refractivity contribution in [3.8, 4) is 0 Å². The molecule has 2 aromatic rings. The fraction of sp³-hybridized carbons (Fsp3) is 0.429. The van der Waals surface area contributed by atoms with Crippen LogP contribution in [0.25, 0.3) is 16.5 Å². The van der Waals surface area contributed by atoms with Gasteiger partial charge in [-0.05, 0) is 61.8 Å². The Morgan fingerprint density at radius 3 is 2.59 bits per heavy atom. The smallest absolute Gasteiger partial charge is 0.228 e. The lowest BCUT2D eigenvalue weighted by atomic mass is 9.84. The Labute approximate surface area is 203 Å². The van der Waals surface area contributed by atoms with Gasteiger partial charge in [0, 0.05) is 55.1 Å². The highest BCUT2D eigenvalue weighted by atomic mass is 16.5. The number of amides is 1. The molecule has 0 atom stereocenters. The van der Waals surface area contributed by atoms with Crippen molar-refractivity contribution in [2.75, 3.05) is 38.7 Å². The van der Waals surface area contributed by atoms with E-state index in [0.29, 0.717) is 11.9 Å². The first-order valence-corrected chi connectivity index (χ1v) is 12.2. The predicted molar refractivity (Wildman–Crippen MR) is 139 cm³/mol. The molecule has 0 spiro atoms. The number of aromatic nitrogens is 1. The van der Waals surface area contributed by atoms with E-state index in [2.05, 4.69) is 46.6 Å². The first-order chi connectivity index (χ1) is 16.5. The number of allylic oxidation sites excluding steroid dienone is 3. The zero-order valence-corrected chi connectivity index (χ0v) is 20.4. The predicted octanol–water partition coefficient (Wildman–Crippen LogP) is 5.06. The Bertz CT molecular complexity index is 1080. The number of ether oxygens (including phenoxy) is 1. The van der Waals surface area contributed by atoms with Gasteiger partial charge in [-0.2, -0.15) is 0 Å². The standard InChI is InChI=1S/C28H36N4O2/c1-5-6-26(31(4)20(2)3)22-7-8-23-19-29-27(18-24(23)17-22)30-28(33)21-9-11-25(12-10-21)32-13-15-34-16-14-32/h5-8,17-19,21,25H,1-2,9-16H2,3-4H3,(H,29,30,33)/b26-6-. The third-order valence-corrected chi connectivity index (χ3v) is 7.11. The van der Waals surface area contributed by atoms with Crippen LogP contribution in [0.4, 0.5) is 5.82 Å². The SMILES string of the molecule is C=C/C=C(/c1ccc2cnc(NC(=O)C3CCC(N4CCOCC4)CC3)cc2c1)N(C)C(=C)C. The molecular formula is C28H36N4O2. The normalized spacial score (nSPS) is 21.8. The third-order valence-electron chi connectivity index (χ3n) is 7.11. The summed E-state index contributed by atoms with van der Waals surface area (Å²) < 4.78 is 5.47. The van der Waals surface area contributed by atoms with Crippen LogP contribution in [0, 0.1) is 5.92 Å². The van der Waals surface area contributed by atoms with Gasteiger partial charge in [-0.1, -0.05) is 31.4 Å². The van der Waals surface area contributed by atoms with Gasteiger partial charge in [0.05, 0.1) is 13.2 Å². The van der Waals surface area contributed by atoms with Gasteiger partial charge in [0.25, 0.3) is 0 Å². The Morgan fingerprint density at radius 2 is 1.91 bits per heavy atom. The zero-order chi connectivity index (χ0) is 24.1. The molecule has 1 aromatic heterocycles. The lowest BCUT2D eigenvalue weighted by Gasteiger charge is -2.38. The average Bonchev–Trinajstić information content (AvgIpc) is 2.87. The fourth-order valence-corrected chi connectivity index (χ4v) is 4.96. The summed E-state index contributed by atoms with van der Waals surface area (Å²) in [6.45, 7) is 13.6. The molecular weight excluding hydrogens is 424 g/mol. The number of hydrogen-bond donors (Lipinski definition) is 1. The first-order valence-electron chi connectivity index (χ1n) is 12.2. The van der Waals surface area contributed by atoms with Crippen LogP contribution in [0.1, 0.15) is 38.2 Å². The Balaban J connectivity index is 1.44. The molecule has 1 aromatic carbocycles. The fourth-order valence-electron chi connectivity index (χ4n) is 4.96. The molecule has 1 amide bonds. The third kappa shape index (κ3) is 5.57.